The Balaban J connectivity index is 2.09. The van der Waals surface area contributed by atoms with Gasteiger partial charge in [-0.15, -0.1) is 0 Å². The average molecular weight is 345 g/mol. The first-order valence-corrected chi connectivity index (χ1v) is 8.81. The molecule has 6 nitrogen and oxygen atoms in total. The summed E-state index contributed by atoms with van der Waals surface area (Å²) >= 11 is 0. The number of carbonyl (C=O) groups excluding carboxylic acids is 1. The number of pyridine rings is 1. The van der Waals surface area contributed by atoms with Gasteiger partial charge in [0, 0.05) is 25.5 Å². The monoisotopic (exact) mass is 345 g/mol. The molecule has 2 rings (SSSR count). The highest BCUT2D eigenvalue weighted by atomic mass is 32.2. The third-order valence-electron chi connectivity index (χ3n) is 3.74. The van der Waals surface area contributed by atoms with Crippen molar-refractivity contribution in [1.29, 1.82) is 0 Å². The van der Waals surface area contributed by atoms with Crippen LogP contribution in [-0.4, -0.2) is 31.3 Å². The number of rotatable bonds is 5. The third-order valence-corrected chi connectivity index (χ3v) is 4.67. The summed E-state index contributed by atoms with van der Waals surface area (Å²) in [4.78, 5) is 17.8. The zero-order valence-corrected chi connectivity index (χ0v) is 14.3. The van der Waals surface area contributed by atoms with Crippen molar-refractivity contribution >= 4 is 22.0 Å². The molecule has 0 aliphatic rings. The summed E-state index contributed by atoms with van der Waals surface area (Å²) in [7, 11) is -2.03. The van der Waals surface area contributed by atoms with Crippen molar-refractivity contribution in [3.05, 3.63) is 66.0 Å². The largest absolute Gasteiger partial charge is 0.335 e. The Morgan fingerprint density at radius 2 is 1.75 bits per heavy atom. The van der Waals surface area contributed by atoms with Crippen molar-refractivity contribution in [1.82, 2.24) is 9.88 Å². The number of benzene rings is 1. The van der Waals surface area contributed by atoms with Gasteiger partial charge in [-0.3, -0.25) is 9.78 Å². The van der Waals surface area contributed by atoms with Crippen molar-refractivity contribution in [2.45, 2.75) is 17.9 Å². The smallest absolute Gasteiger partial charge is 0.246 e. The van der Waals surface area contributed by atoms with Crippen LogP contribution < -0.4 is 5.14 Å². The zero-order chi connectivity index (χ0) is 17.7. The minimum absolute atomic E-state index is 0.0463. The van der Waals surface area contributed by atoms with E-state index in [9.17, 15) is 13.2 Å². The van der Waals surface area contributed by atoms with E-state index < -0.39 is 10.0 Å². The van der Waals surface area contributed by atoms with Gasteiger partial charge >= 0.3 is 0 Å². The number of primary sulfonamides is 1. The highest BCUT2D eigenvalue weighted by Crippen LogP contribution is 2.20. The lowest BCUT2D eigenvalue weighted by atomic mass is 10.1. The molecule has 2 N–H and O–H groups in total. The second kappa shape index (κ2) is 7.37. The fourth-order valence-electron chi connectivity index (χ4n) is 2.11. The number of amides is 1. The number of hydrogen-bond donors (Lipinski definition) is 1. The molecule has 126 valence electrons. The predicted molar refractivity (Wildman–Crippen MR) is 92.3 cm³/mol. The molecule has 0 saturated carbocycles. The zero-order valence-electron chi connectivity index (χ0n) is 13.5. The number of carbonyl (C=O) groups is 1. The number of nitrogens with zero attached hydrogens (tertiary/aromatic N) is 2. The molecule has 0 radical (unpaired) electrons. The number of sulfonamides is 1. The molecule has 1 atom stereocenters. The fraction of sp³-hybridized carbons (Fsp3) is 0.176. The molecule has 1 amide bonds. The molecule has 0 aliphatic heterocycles. The van der Waals surface area contributed by atoms with Crippen LogP contribution in [-0.2, 0) is 14.8 Å². The maximum absolute atomic E-state index is 12.3. The molecule has 1 aromatic heterocycles. The van der Waals surface area contributed by atoms with Gasteiger partial charge in [-0.25, -0.2) is 13.6 Å². The van der Waals surface area contributed by atoms with Crippen LogP contribution in [0.4, 0.5) is 0 Å². The normalized spacial score (nSPS) is 13.0. The van der Waals surface area contributed by atoms with Gasteiger partial charge in [0.05, 0.1) is 10.9 Å². The maximum Gasteiger partial charge on any atom is 0.246 e. The summed E-state index contributed by atoms with van der Waals surface area (Å²) < 4.78 is 22.6. The molecule has 24 heavy (non-hydrogen) atoms. The van der Waals surface area contributed by atoms with Crippen molar-refractivity contribution < 1.29 is 13.2 Å². The third kappa shape index (κ3) is 4.50. The Hall–Kier alpha value is -2.51. The summed E-state index contributed by atoms with van der Waals surface area (Å²) in [6.07, 6.45) is 6.52. The van der Waals surface area contributed by atoms with Crippen LogP contribution in [0.15, 0.2) is 59.8 Å². The number of likely N-dealkylation sites (N-methyl/N-ethyl adjacent to an activating group) is 1. The van der Waals surface area contributed by atoms with E-state index in [4.69, 9.17) is 5.14 Å². The first-order valence-electron chi connectivity index (χ1n) is 7.26. The van der Waals surface area contributed by atoms with Crippen molar-refractivity contribution in [2.24, 2.45) is 5.14 Å². The van der Waals surface area contributed by atoms with Gasteiger partial charge in [-0.05, 0) is 48.4 Å². The minimum Gasteiger partial charge on any atom is -0.335 e. The second-order valence-corrected chi connectivity index (χ2v) is 6.91. The SMILES string of the molecule is CC(c1ccc(S(N)(=O)=O)cc1)N(C)C(=O)/C=C/c1ccncc1. The molecule has 0 spiro atoms. The van der Waals surface area contributed by atoms with E-state index in [0.29, 0.717) is 0 Å². The predicted octanol–water partition coefficient (Wildman–Crippen LogP) is 1.96. The molecular weight excluding hydrogens is 326 g/mol. The van der Waals surface area contributed by atoms with E-state index in [2.05, 4.69) is 4.98 Å². The summed E-state index contributed by atoms with van der Waals surface area (Å²) in [5.41, 5.74) is 1.70. The van der Waals surface area contributed by atoms with Gasteiger partial charge in [0.2, 0.25) is 15.9 Å². The van der Waals surface area contributed by atoms with E-state index in [1.807, 2.05) is 6.92 Å². The summed E-state index contributed by atoms with van der Waals surface area (Å²) in [6.45, 7) is 1.87. The molecule has 0 aliphatic carbocycles. The molecular formula is C17H19N3O3S. The first-order chi connectivity index (χ1) is 11.3. The molecule has 0 saturated heterocycles. The van der Waals surface area contributed by atoms with Crippen LogP contribution in [0.5, 0.6) is 0 Å². The van der Waals surface area contributed by atoms with Gasteiger partial charge in [0.25, 0.3) is 0 Å². The molecule has 1 heterocycles. The first kappa shape index (κ1) is 17.8. The Bertz CT molecular complexity index is 831. The Labute approximate surface area is 141 Å². The topological polar surface area (TPSA) is 93.4 Å². The van der Waals surface area contributed by atoms with Gasteiger partial charge in [0.1, 0.15) is 0 Å². The van der Waals surface area contributed by atoms with Crippen LogP contribution >= 0.6 is 0 Å². The lowest BCUT2D eigenvalue weighted by Crippen LogP contribution is -2.28. The Morgan fingerprint density at radius 1 is 1.17 bits per heavy atom. The van der Waals surface area contributed by atoms with Crippen LogP contribution in [0.3, 0.4) is 0 Å². The Kier molecular flexibility index (Phi) is 5.48. The van der Waals surface area contributed by atoms with E-state index in [1.54, 1.807) is 54.7 Å². The highest BCUT2D eigenvalue weighted by molar-refractivity contribution is 7.89. The van der Waals surface area contributed by atoms with Gasteiger partial charge < -0.3 is 4.90 Å². The van der Waals surface area contributed by atoms with Gasteiger partial charge in [-0.2, -0.15) is 0 Å². The van der Waals surface area contributed by atoms with Crippen molar-refractivity contribution in [3.8, 4) is 0 Å². The lowest BCUT2D eigenvalue weighted by Gasteiger charge is -2.24. The van der Waals surface area contributed by atoms with Crippen LogP contribution in [0, 0.1) is 0 Å². The number of nitrogens with two attached hydrogens (primary N) is 1. The fourth-order valence-corrected chi connectivity index (χ4v) is 2.63. The van der Waals surface area contributed by atoms with E-state index in [1.165, 1.54) is 18.2 Å². The molecule has 1 unspecified atom stereocenters. The summed E-state index contributed by atoms with van der Waals surface area (Å²) in [6, 6.07) is 9.58. The molecule has 7 heteroatoms. The number of hydrogen-bond acceptors (Lipinski definition) is 4. The summed E-state index contributed by atoms with van der Waals surface area (Å²) in [5, 5.41) is 5.08. The lowest BCUT2D eigenvalue weighted by molar-refractivity contribution is -0.126. The number of aromatic nitrogens is 1. The van der Waals surface area contributed by atoms with Gasteiger partial charge in [-0.1, -0.05) is 12.1 Å². The summed E-state index contributed by atoms with van der Waals surface area (Å²) in [5.74, 6) is -0.158. The van der Waals surface area contributed by atoms with Crippen molar-refractivity contribution in [3.63, 3.8) is 0 Å². The standard InChI is InChI=1S/C17H19N3O3S/c1-13(15-4-6-16(7-5-15)24(18,22)23)20(2)17(21)8-3-14-9-11-19-12-10-14/h3-13H,1-2H3,(H2,18,22,23)/b8-3+. The minimum atomic E-state index is -3.72. The van der Waals surface area contributed by atoms with Crippen LogP contribution in [0.1, 0.15) is 24.1 Å². The van der Waals surface area contributed by atoms with Crippen LogP contribution in [0.2, 0.25) is 0 Å². The van der Waals surface area contributed by atoms with Crippen molar-refractivity contribution in [2.75, 3.05) is 7.05 Å². The molecule has 0 fully saturated rings. The van der Waals surface area contributed by atoms with E-state index >= 15 is 0 Å². The second-order valence-electron chi connectivity index (χ2n) is 5.35. The quantitative estimate of drug-likeness (QED) is 0.838. The highest BCUT2D eigenvalue weighted by Gasteiger charge is 2.16. The van der Waals surface area contributed by atoms with E-state index in [-0.39, 0.29) is 16.8 Å². The average Bonchev–Trinajstić information content (AvgIpc) is 2.58. The molecule has 1 aromatic carbocycles. The molecule has 0 bridgehead atoms. The van der Waals surface area contributed by atoms with Crippen LogP contribution in [0.25, 0.3) is 6.08 Å². The maximum atomic E-state index is 12.3. The van der Waals surface area contributed by atoms with E-state index in [0.717, 1.165) is 11.1 Å². The Morgan fingerprint density at radius 3 is 2.29 bits per heavy atom. The molecule has 2 aromatic rings. The van der Waals surface area contributed by atoms with Gasteiger partial charge in [0.15, 0.2) is 0 Å².